The van der Waals surface area contributed by atoms with Crippen LogP contribution in [0.4, 0.5) is 4.79 Å². The van der Waals surface area contributed by atoms with Gasteiger partial charge in [0.15, 0.2) is 0 Å². The van der Waals surface area contributed by atoms with Crippen molar-refractivity contribution in [1.29, 1.82) is 0 Å². The molecule has 108 valence electrons. The van der Waals surface area contributed by atoms with E-state index in [-0.39, 0.29) is 6.54 Å². The summed E-state index contributed by atoms with van der Waals surface area (Å²) >= 11 is 0. The molecule has 2 fully saturated rings. The van der Waals surface area contributed by atoms with Crippen molar-refractivity contribution in [2.75, 3.05) is 19.7 Å². The summed E-state index contributed by atoms with van der Waals surface area (Å²) in [7, 11) is 0. The van der Waals surface area contributed by atoms with Crippen LogP contribution in [0.25, 0.3) is 0 Å². The van der Waals surface area contributed by atoms with Gasteiger partial charge in [-0.25, -0.2) is 4.79 Å². The van der Waals surface area contributed by atoms with E-state index in [1.165, 1.54) is 4.90 Å². The topological polar surface area (TPSA) is 76.1 Å². The van der Waals surface area contributed by atoms with Crippen molar-refractivity contribution in [3.05, 3.63) is 0 Å². The van der Waals surface area contributed by atoms with Gasteiger partial charge in [0, 0.05) is 13.2 Å². The van der Waals surface area contributed by atoms with Gasteiger partial charge in [0.2, 0.25) is 0 Å². The summed E-state index contributed by atoms with van der Waals surface area (Å²) < 4.78 is 10.8. The minimum atomic E-state index is -0.963. The fourth-order valence-electron chi connectivity index (χ4n) is 2.73. The van der Waals surface area contributed by atoms with E-state index in [1.54, 1.807) is 20.8 Å². The molecule has 0 bridgehead atoms. The Balaban J connectivity index is 2.11. The quantitative estimate of drug-likeness (QED) is 0.782. The molecule has 2 rings (SSSR count). The molecule has 2 aliphatic heterocycles. The maximum absolute atomic E-state index is 12.0. The van der Waals surface area contributed by atoms with E-state index in [0.717, 1.165) is 0 Å². The van der Waals surface area contributed by atoms with Crippen molar-refractivity contribution in [3.8, 4) is 0 Å². The third-order valence-corrected chi connectivity index (χ3v) is 3.64. The van der Waals surface area contributed by atoms with Crippen LogP contribution in [0, 0.1) is 5.41 Å². The lowest BCUT2D eigenvalue weighted by Gasteiger charge is -2.33. The van der Waals surface area contributed by atoms with Gasteiger partial charge in [0.1, 0.15) is 11.0 Å². The minimum Gasteiger partial charge on any atom is -0.481 e. The summed E-state index contributed by atoms with van der Waals surface area (Å²) in [4.78, 5) is 25.0. The number of rotatable bonds is 1. The fourth-order valence-corrected chi connectivity index (χ4v) is 2.73. The summed E-state index contributed by atoms with van der Waals surface area (Å²) in [6.45, 7) is 6.39. The molecule has 0 aromatic carbocycles. The number of carboxylic acids is 1. The highest BCUT2D eigenvalue weighted by molar-refractivity contribution is 5.79. The van der Waals surface area contributed by atoms with Crippen molar-refractivity contribution in [1.82, 2.24) is 4.90 Å². The van der Waals surface area contributed by atoms with Crippen LogP contribution in [0.2, 0.25) is 0 Å². The van der Waals surface area contributed by atoms with E-state index < -0.39 is 29.2 Å². The molecule has 2 atom stereocenters. The number of hydrogen-bond donors (Lipinski definition) is 1. The maximum atomic E-state index is 12.0. The van der Waals surface area contributed by atoms with Crippen molar-refractivity contribution < 1.29 is 24.2 Å². The standard InChI is InChI=1S/C13H21NO5/c1-12(2,3)19-11(17)14-7-9-13(8-14,10(15)16)5-4-6-18-9/h9H,4-8H2,1-3H3,(H,15,16)/t9-,13-/m0/s1. The van der Waals surface area contributed by atoms with E-state index in [4.69, 9.17) is 9.47 Å². The van der Waals surface area contributed by atoms with Crippen LogP contribution in [-0.2, 0) is 14.3 Å². The second kappa shape index (κ2) is 4.67. The summed E-state index contributed by atoms with van der Waals surface area (Å²) in [5, 5.41) is 9.47. The Morgan fingerprint density at radius 2 is 2.11 bits per heavy atom. The van der Waals surface area contributed by atoms with Crippen molar-refractivity contribution in [3.63, 3.8) is 0 Å². The molecular weight excluding hydrogens is 250 g/mol. The first-order chi connectivity index (χ1) is 8.74. The van der Waals surface area contributed by atoms with Gasteiger partial charge in [0.25, 0.3) is 0 Å². The van der Waals surface area contributed by atoms with Gasteiger partial charge in [0.05, 0.1) is 12.6 Å². The number of aliphatic carboxylic acids is 1. The Hall–Kier alpha value is -1.30. The van der Waals surface area contributed by atoms with Gasteiger partial charge < -0.3 is 19.5 Å². The molecule has 0 unspecified atom stereocenters. The summed E-state index contributed by atoms with van der Waals surface area (Å²) in [5.41, 5.74) is -1.54. The van der Waals surface area contributed by atoms with Crippen molar-refractivity contribution in [2.24, 2.45) is 5.41 Å². The third-order valence-electron chi connectivity index (χ3n) is 3.64. The lowest BCUT2D eigenvalue weighted by molar-refractivity contribution is -0.161. The number of carboxylic acid groups (broad SMARTS) is 1. The maximum Gasteiger partial charge on any atom is 0.410 e. The zero-order valence-corrected chi connectivity index (χ0v) is 11.6. The van der Waals surface area contributed by atoms with Crippen LogP contribution in [0.15, 0.2) is 0 Å². The number of likely N-dealkylation sites (tertiary alicyclic amines) is 1. The van der Waals surface area contributed by atoms with E-state index in [2.05, 4.69) is 0 Å². The summed E-state index contributed by atoms with van der Waals surface area (Å²) in [6.07, 6.45) is 0.370. The molecular formula is C13H21NO5. The van der Waals surface area contributed by atoms with E-state index in [0.29, 0.717) is 26.0 Å². The Morgan fingerprint density at radius 3 is 2.63 bits per heavy atom. The molecule has 1 amide bonds. The van der Waals surface area contributed by atoms with Gasteiger partial charge in [-0.3, -0.25) is 4.79 Å². The van der Waals surface area contributed by atoms with Crippen LogP contribution in [-0.4, -0.2) is 53.5 Å². The van der Waals surface area contributed by atoms with E-state index in [9.17, 15) is 14.7 Å². The lowest BCUT2D eigenvalue weighted by Crippen LogP contribution is -2.46. The molecule has 0 aliphatic carbocycles. The molecule has 6 heteroatoms. The van der Waals surface area contributed by atoms with E-state index in [1.807, 2.05) is 0 Å². The number of ether oxygens (including phenoxy) is 2. The average molecular weight is 271 g/mol. The molecule has 2 saturated heterocycles. The predicted octanol–water partition coefficient (Wildman–Crippen LogP) is 1.49. The first-order valence-corrected chi connectivity index (χ1v) is 6.57. The highest BCUT2D eigenvalue weighted by atomic mass is 16.6. The number of carbonyl (C=O) groups is 2. The van der Waals surface area contributed by atoms with E-state index >= 15 is 0 Å². The first kappa shape index (κ1) is 14.1. The summed E-state index contributed by atoms with van der Waals surface area (Å²) in [6, 6.07) is 0. The molecule has 0 spiro atoms. The molecule has 0 radical (unpaired) electrons. The minimum absolute atomic E-state index is 0.169. The molecule has 0 aromatic heterocycles. The monoisotopic (exact) mass is 271 g/mol. The lowest BCUT2D eigenvalue weighted by atomic mass is 9.79. The van der Waals surface area contributed by atoms with Gasteiger partial charge in [-0.1, -0.05) is 0 Å². The number of amides is 1. The Bertz CT molecular complexity index is 389. The Morgan fingerprint density at radius 1 is 1.42 bits per heavy atom. The van der Waals surface area contributed by atoms with Crippen LogP contribution >= 0.6 is 0 Å². The number of nitrogens with zero attached hydrogens (tertiary/aromatic N) is 1. The van der Waals surface area contributed by atoms with Gasteiger partial charge in [-0.15, -0.1) is 0 Å². The SMILES string of the molecule is CC(C)(C)OC(=O)N1C[C@@H]2OCCC[C@]2(C(=O)O)C1. The second-order valence-corrected chi connectivity index (χ2v) is 6.29. The Labute approximate surface area is 112 Å². The third kappa shape index (κ3) is 2.68. The molecule has 0 saturated carbocycles. The predicted molar refractivity (Wildman–Crippen MR) is 66.8 cm³/mol. The Kier molecular flexibility index (Phi) is 3.47. The smallest absolute Gasteiger partial charge is 0.410 e. The van der Waals surface area contributed by atoms with Crippen LogP contribution in [0.1, 0.15) is 33.6 Å². The fraction of sp³-hybridized carbons (Fsp3) is 0.846. The largest absolute Gasteiger partial charge is 0.481 e. The molecule has 2 aliphatic rings. The normalized spacial score (nSPS) is 30.9. The van der Waals surface area contributed by atoms with Crippen molar-refractivity contribution in [2.45, 2.75) is 45.3 Å². The van der Waals surface area contributed by atoms with Crippen LogP contribution in [0.5, 0.6) is 0 Å². The first-order valence-electron chi connectivity index (χ1n) is 6.57. The molecule has 2 heterocycles. The molecule has 19 heavy (non-hydrogen) atoms. The zero-order chi connectivity index (χ0) is 14.3. The van der Waals surface area contributed by atoms with Gasteiger partial charge in [-0.2, -0.15) is 0 Å². The number of fused-ring (bicyclic) bond motifs is 1. The molecule has 6 nitrogen and oxygen atoms in total. The zero-order valence-electron chi connectivity index (χ0n) is 11.6. The van der Waals surface area contributed by atoms with Gasteiger partial charge in [-0.05, 0) is 33.6 Å². The summed E-state index contributed by atoms with van der Waals surface area (Å²) in [5.74, 6) is -0.886. The second-order valence-electron chi connectivity index (χ2n) is 6.29. The van der Waals surface area contributed by atoms with Gasteiger partial charge >= 0.3 is 12.1 Å². The number of carbonyl (C=O) groups excluding carboxylic acids is 1. The van der Waals surface area contributed by atoms with Crippen LogP contribution in [0.3, 0.4) is 0 Å². The average Bonchev–Trinajstić information content (AvgIpc) is 2.67. The van der Waals surface area contributed by atoms with Crippen LogP contribution < -0.4 is 0 Å². The highest BCUT2D eigenvalue weighted by Gasteiger charge is 2.56. The number of hydrogen-bond acceptors (Lipinski definition) is 4. The van der Waals surface area contributed by atoms with Crippen molar-refractivity contribution >= 4 is 12.1 Å². The molecule has 1 N–H and O–H groups in total. The highest BCUT2D eigenvalue weighted by Crippen LogP contribution is 2.41. The molecule has 0 aromatic rings.